The van der Waals surface area contributed by atoms with Gasteiger partial charge in [0.2, 0.25) is 0 Å². The van der Waals surface area contributed by atoms with Gasteiger partial charge in [0.25, 0.3) is 0 Å². The van der Waals surface area contributed by atoms with Crippen LogP contribution in [0.5, 0.6) is 0 Å². The van der Waals surface area contributed by atoms with Gasteiger partial charge >= 0.3 is 17.1 Å². The predicted molar refractivity (Wildman–Crippen MR) is 62.6 cm³/mol. The molecule has 0 aliphatic rings. The van der Waals surface area contributed by atoms with Crippen LogP contribution in [-0.4, -0.2) is 0 Å². The zero-order chi connectivity index (χ0) is 10.1. The third-order valence-corrected chi connectivity index (χ3v) is 1.92. The van der Waals surface area contributed by atoms with Crippen molar-refractivity contribution in [2.24, 2.45) is 0 Å². The molecule has 0 saturated carbocycles. The minimum Gasteiger partial charge on any atom is -0.214 e. The van der Waals surface area contributed by atoms with Gasteiger partial charge in [0.15, 0.2) is 0 Å². The molecule has 0 aliphatic carbocycles. The molecule has 0 aromatic heterocycles. The Morgan fingerprint density at radius 1 is 1.13 bits per heavy atom. The molecule has 0 aliphatic heterocycles. The summed E-state index contributed by atoms with van der Waals surface area (Å²) < 4.78 is 0. The van der Waals surface area contributed by atoms with Crippen LogP contribution >= 0.6 is 0 Å². The number of hydrogen-bond acceptors (Lipinski definition) is 0. The van der Waals surface area contributed by atoms with E-state index < -0.39 is 0 Å². The molecule has 0 saturated heterocycles. The molecule has 2 aromatic rings. The second-order valence-electron chi connectivity index (χ2n) is 3.08. The fourth-order valence-corrected chi connectivity index (χ4v) is 1.17. The van der Waals surface area contributed by atoms with E-state index in [9.17, 15) is 0 Å². The smallest absolute Gasteiger partial charge is 0.214 e. The molecule has 2 rings (SSSR count). The van der Waals surface area contributed by atoms with Crippen molar-refractivity contribution in [2.45, 2.75) is 12.8 Å². The predicted octanol–water partition coefficient (Wildman–Crippen LogP) is 3.93. The van der Waals surface area contributed by atoms with Crippen LogP contribution in [0.2, 0.25) is 0 Å². The van der Waals surface area contributed by atoms with Crippen LogP contribution < -0.4 is 0 Å². The molecule has 0 radical (unpaired) electrons. The van der Waals surface area contributed by atoms with E-state index in [4.69, 9.17) is 0 Å². The Morgan fingerprint density at radius 2 is 1.87 bits per heavy atom. The van der Waals surface area contributed by atoms with Crippen LogP contribution in [0.15, 0.2) is 67.3 Å². The van der Waals surface area contributed by atoms with Gasteiger partial charge in [0, 0.05) is 0 Å². The largest absolute Gasteiger partial charge is 2.00 e. The molecule has 0 nitrogen and oxygen atoms in total. The molecule has 0 bridgehead atoms. The quantitative estimate of drug-likeness (QED) is 0.433. The SMILES string of the molecule is C=CCCc1ccc[cH-]1.[Fe+2].c1cc[cH-]c1. The Labute approximate surface area is 103 Å². The third kappa shape index (κ3) is 6.96. The molecule has 0 N–H and O–H groups in total. The maximum Gasteiger partial charge on any atom is 2.00 e. The van der Waals surface area contributed by atoms with Crippen molar-refractivity contribution in [1.29, 1.82) is 0 Å². The minimum atomic E-state index is 0. The first-order valence-corrected chi connectivity index (χ1v) is 4.91. The van der Waals surface area contributed by atoms with E-state index in [-0.39, 0.29) is 17.1 Å². The first kappa shape index (κ1) is 14.0. The average molecular weight is 240 g/mol. The fourth-order valence-electron chi connectivity index (χ4n) is 1.17. The summed E-state index contributed by atoms with van der Waals surface area (Å²) in [5, 5.41) is 0. The molecular weight excluding hydrogens is 224 g/mol. The van der Waals surface area contributed by atoms with Gasteiger partial charge in [-0.3, -0.25) is 0 Å². The summed E-state index contributed by atoms with van der Waals surface area (Å²) >= 11 is 0. The molecule has 80 valence electrons. The number of rotatable bonds is 3. The topological polar surface area (TPSA) is 0 Å². The minimum absolute atomic E-state index is 0. The third-order valence-electron chi connectivity index (χ3n) is 1.92. The molecule has 2 aromatic carbocycles. The Bertz CT molecular complexity index is 286. The summed E-state index contributed by atoms with van der Waals surface area (Å²) in [5.41, 5.74) is 1.41. The van der Waals surface area contributed by atoms with Gasteiger partial charge in [-0.05, 0) is 12.8 Å². The Morgan fingerprint density at radius 3 is 2.27 bits per heavy atom. The van der Waals surface area contributed by atoms with Crippen LogP contribution in [0.25, 0.3) is 0 Å². The van der Waals surface area contributed by atoms with Crippen molar-refractivity contribution >= 4 is 0 Å². The second kappa shape index (κ2) is 9.51. The molecular formula is C14H16Fe. The summed E-state index contributed by atoms with van der Waals surface area (Å²) in [6.07, 6.45) is 4.17. The zero-order valence-corrected chi connectivity index (χ0v) is 9.85. The van der Waals surface area contributed by atoms with Crippen molar-refractivity contribution in [3.05, 3.63) is 72.8 Å². The molecule has 0 atom stereocenters. The van der Waals surface area contributed by atoms with E-state index in [1.54, 1.807) is 0 Å². The van der Waals surface area contributed by atoms with Crippen molar-refractivity contribution in [3.8, 4) is 0 Å². The van der Waals surface area contributed by atoms with Crippen LogP contribution in [-0.2, 0) is 23.5 Å². The van der Waals surface area contributed by atoms with Gasteiger partial charge in [-0.2, -0.15) is 35.9 Å². The van der Waals surface area contributed by atoms with Gasteiger partial charge < -0.3 is 0 Å². The molecule has 0 spiro atoms. The molecule has 0 fully saturated rings. The van der Waals surface area contributed by atoms with E-state index in [1.807, 2.05) is 36.4 Å². The maximum absolute atomic E-state index is 3.66. The summed E-state index contributed by atoms with van der Waals surface area (Å²) in [4.78, 5) is 0. The summed E-state index contributed by atoms with van der Waals surface area (Å²) in [7, 11) is 0. The molecule has 1 heteroatoms. The molecule has 0 unspecified atom stereocenters. The van der Waals surface area contributed by atoms with Gasteiger partial charge in [0.1, 0.15) is 0 Å². The van der Waals surface area contributed by atoms with Crippen LogP contribution in [0, 0.1) is 0 Å². The van der Waals surface area contributed by atoms with Gasteiger partial charge in [-0.15, -0.1) is 6.58 Å². The van der Waals surface area contributed by atoms with Crippen LogP contribution in [0.1, 0.15) is 12.0 Å². The Balaban J connectivity index is 0.000000280. The van der Waals surface area contributed by atoms with Gasteiger partial charge in [-0.1, -0.05) is 6.08 Å². The summed E-state index contributed by atoms with van der Waals surface area (Å²) in [6, 6.07) is 18.4. The van der Waals surface area contributed by atoms with Crippen molar-refractivity contribution in [1.82, 2.24) is 0 Å². The van der Waals surface area contributed by atoms with E-state index >= 15 is 0 Å². The van der Waals surface area contributed by atoms with Gasteiger partial charge in [0.05, 0.1) is 0 Å². The van der Waals surface area contributed by atoms with Crippen LogP contribution in [0.4, 0.5) is 0 Å². The van der Waals surface area contributed by atoms with Crippen LogP contribution in [0.3, 0.4) is 0 Å². The first-order valence-electron chi connectivity index (χ1n) is 4.91. The molecule has 0 heterocycles. The average Bonchev–Trinajstić information content (AvgIpc) is 2.90. The van der Waals surface area contributed by atoms with Gasteiger partial charge in [-0.25, -0.2) is 24.3 Å². The summed E-state index contributed by atoms with van der Waals surface area (Å²) in [5.74, 6) is 0. The Kier molecular flexibility index (Phi) is 8.85. The fraction of sp³-hybridized carbons (Fsp3) is 0.143. The first-order chi connectivity index (χ1) is 6.93. The molecule has 15 heavy (non-hydrogen) atoms. The standard InChI is InChI=1S/C9H11.C5H5.Fe/c1-2-3-6-9-7-4-5-8-9;1-2-4-5-3-1;/h2,4-5,7-8H,1,3,6H2;1-5H;/q2*-1;+2. The van der Waals surface area contributed by atoms with Crippen molar-refractivity contribution in [2.75, 3.05) is 0 Å². The van der Waals surface area contributed by atoms with E-state index in [0.29, 0.717) is 0 Å². The second-order valence-corrected chi connectivity index (χ2v) is 3.08. The van der Waals surface area contributed by atoms with E-state index in [1.165, 1.54) is 5.56 Å². The molecule has 0 amide bonds. The maximum atomic E-state index is 3.66. The van der Waals surface area contributed by atoms with E-state index in [2.05, 4.69) is 30.8 Å². The normalized spacial score (nSPS) is 8.27. The summed E-state index contributed by atoms with van der Waals surface area (Å²) in [6.45, 7) is 3.66. The van der Waals surface area contributed by atoms with Crippen molar-refractivity contribution in [3.63, 3.8) is 0 Å². The van der Waals surface area contributed by atoms with Crippen molar-refractivity contribution < 1.29 is 17.1 Å². The zero-order valence-electron chi connectivity index (χ0n) is 8.75. The number of hydrogen-bond donors (Lipinski definition) is 0. The monoisotopic (exact) mass is 240 g/mol. The number of allylic oxidation sites excluding steroid dienone is 1. The Hall–Kier alpha value is -1.04. The van der Waals surface area contributed by atoms with E-state index in [0.717, 1.165) is 12.8 Å². The number of aryl methyl sites for hydroxylation is 1.